The second-order valence-electron chi connectivity index (χ2n) is 19.5. The molecule has 8 rings (SSSR count). The number of oxime groups is 1. The first-order chi connectivity index (χ1) is 36.4. The number of hydrogen-bond acceptors (Lipinski definition) is 17. The molecule has 4 aromatic carbocycles. The zero-order chi connectivity index (χ0) is 54.2. The van der Waals surface area contributed by atoms with E-state index in [0.717, 1.165) is 29.5 Å². The summed E-state index contributed by atoms with van der Waals surface area (Å²) in [5.41, 5.74) is 13.1. The number of hydrogen-bond donors (Lipinski definition) is 4. The number of ether oxygens (including phenoxy) is 3. The molecule has 0 radical (unpaired) electrons. The van der Waals surface area contributed by atoms with E-state index in [-0.39, 0.29) is 35.3 Å². The number of fused-ring (bicyclic) bond motifs is 1. The molecule has 396 valence electrons. The van der Waals surface area contributed by atoms with Crippen molar-refractivity contribution in [2.24, 2.45) is 5.16 Å². The number of unbranched alkanes of at least 4 members (excludes halogenated alkanes) is 1. The van der Waals surface area contributed by atoms with Gasteiger partial charge in [0.2, 0.25) is 17.2 Å². The van der Waals surface area contributed by atoms with E-state index in [9.17, 15) is 19.2 Å². The highest BCUT2D eigenvalue weighted by Crippen LogP contribution is 2.43. The molecule has 2 aromatic heterocycles. The van der Waals surface area contributed by atoms with Gasteiger partial charge in [-0.25, -0.2) is 19.1 Å². The molecule has 0 spiro atoms. The minimum Gasteiger partial charge on any atom is -0.497 e. The van der Waals surface area contributed by atoms with E-state index in [1.54, 1.807) is 63.6 Å². The standard InChI is InChI=1S/C56H61N9O8S3/c1-8-9-29-64-43(58)30-42(57)60-53(64)76-33-36-32-74-49-45(48(67)65(49)46(36)50(68)71-31-35-25-27-40(70-7)28-26-35)61-47(66)44(63-73-55(5,6)51(69)72-54(2,3)4)41-34-75-52(59-41)62-56(37-19-13-10-14-20-37,38-21-15-11-16-22-38)39-23-17-12-18-24-39/h10-28,30,34,45,49H,8-9,29,31-33H2,1-7H3,(H5,57,58,59,61,62,66)/p+1/b63-44-. The second-order valence-corrected chi connectivity index (χ2v) is 22.4. The van der Waals surface area contributed by atoms with Gasteiger partial charge in [0, 0.05) is 16.9 Å². The molecule has 2 aliphatic heterocycles. The van der Waals surface area contributed by atoms with Gasteiger partial charge in [0.25, 0.3) is 11.8 Å². The Morgan fingerprint density at radius 1 is 0.882 bits per heavy atom. The van der Waals surface area contributed by atoms with Gasteiger partial charge in [-0.1, -0.05) is 127 Å². The third-order valence-corrected chi connectivity index (χ3v) is 15.5. The van der Waals surface area contributed by atoms with Crippen LogP contribution in [0.4, 0.5) is 16.8 Å². The molecule has 1 fully saturated rings. The summed E-state index contributed by atoms with van der Waals surface area (Å²) >= 11 is 3.96. The molecule has 1 saturated heterocycles. The Bertz CT molecular complexity index is 3020. The molecule has 17 nitrogen and oxygen atoms in total. The summed E-state index contributed by atoms with van der Waals surface area (Å²) in [5.74, 6) is -0.900. The molecule has 2 unspecified atom stereocenters. The smallest absolute Gasteiger partial charge is 0.355 e. The zero-order valence-electron chi connectivity index (χ0n) is 43.4. The van der Waals surface area contributed by atoms with E-state index in [1.807, 2.05) is 95.6 Å². The Balaban J connectivity index is 1.11. The lowest BCUT2D eigenvalue weighted by atomic mass is 9.77. The van der Waals surface area contributed by atoms with Crippen molar-refractivity contribution in [1.29, 1.82) is 0 Å². The number of thiazole rings is 1. The number of nitrogen functional groups attached to an aromatic ring is 2. The van der Waals surface area contributed by atoms with E-state index in [1.165, 1.54) is 53.6 Å². The lowest BCUT2D eigenvalue weighted by molar-refractivity contribution is -0.723. The Hall–Kier alpha value is -7.42. The number of nitrogens with two attached hydrogens (primary N) is 2. The summed E-state index contributed by atoms with van der Waals surface area (Å²) in [4.78, 5) is 74.0. The number of amides is 2. The van der Waals surface area contributed by atoms with Crippen LogP contribution in [0.2, 0.25) is 0 Å². The minimum absolute atomic E-state index is 0.0718. The van der Waals surface area contributed by atoms with Crippen molar-refractivity contribution in [3.8, 4) is 5.75 Å². The van der Waals surface area contributed by atoms with Crippen molar-refractivity contribution >= 4 is 81.1 Å². The van der Waals surface area contributed by atoms with Crippen molar-refractivity contribution in [3.05, 3.63) is 166 Å². The fraction of sp³-hybridized carbons (Fsp3) is 0.321. The summed E-state index contributed by atoms with van der Waals surface area (Å²) in [7, 11) is 1.56. The van der Waals surface area contributed by atoms with Crippen LogP contribution in [0.1, 0.15) is 82.3 Å². The van der Waals surface area contributed by atoms with Gasteiger partial charge < -0.3 is 41.1 Å². The first-order valence-corrected chi connectivity index (χ1v) is 27.6. The third-order valence-electron chi connectivity index (χ3n) is 12.4. The average Bonchev–Trinajstić information content (AvgIpc) is 3.91. The van der Waals surface area contributed by atoms with Crippen molar-refractivity contribution in [2.75, 3.05) is 35.4 Å². The normalized spacial score (nSPS) is 15.8. The number of carbonyl (C=O) groups excluding carboxylic acids is 4. The lowest BCUT2D eigenvalue weighted by Gasteiger charge is -2.49. The number of benzene rings is 4. The minimum atomic E-state index is -1.66. The predicted molar refractivity (Wildman–Crippen MR) is 296 cm³/mol. The number of nitrogens with zero attached hydrogens (tertiary/aromatic N) is 5. The number of anilines is 3. The second kappa shape index (κ2) is 23.6. The molecule has 2 amide bonds. The molecule has 0 aliphatic carbocycles. The van der Waals surface area contributed by atoms with E-state index < -0.39 is 51.9 Å². The highest BCUT2D eigenvalue weighted by atomic mass is 32.2. The number of methoxy groups -OCH3 is 1. The molecule has 20 heteroatoms. The van der Waals surface area contributed by atoms with Crippen LogP contribution >= 0.6 is 34.9 Å². The van der Waals surface area contributed by atoms with E-state index >= 15 is 0 Å². The van der Waals surface area contributed by atoms with Crippen molar-refractivity contribution in [1.82, 2.24) is 20.2 Å². The molecule has 6 N–H and O–H groups in total. The quantitative estimate of drug-likeness (QED) is 0.00778. The predicted octanol–water partition coefficient (Wildman–Crippen LogP) is 8.23. The van der Waals surface area contributed by atoms with Crippen molar-refractivity contribution in [3.63, 3.8) is 0 Å². The van der Waals surface area contributed by atoms with E-state index in [4.69, 9.17) is 35.5 Å². The number of β-lactam (4-membered cyclic amide) rings is 1. The van der Waals surface area contributed by atoms with Crippen LogP contribution in [0.25, 0.3) is 0 Å². The van der Waals surface area contributed by atoms with Crippen molar-refractivity contribution in [2.45, 2.75) is 101 Å². The van der Waals surface area contributed by atoms with Gasteiger partial charge >= 0.3 is 17.1 Å². The van der Waals surface area contributed by atoms with Gasteiger partial charge in [-0.3, -0.25) is 14.5 Å². The van der Waals surface area contributed by atoms with Crippen LogP contribution in [-0.2, 0) is 52.2 Å². The number of nitrogens with one attached hydrogen (secondary N) is 2. The van der Waals surface area contributed by atoms with Gasteiger partial charge in [-0.15, -0.1) is 23.1 Å². The number of esters is 2. The third kappa shape index (κ3) is 12.3. The van der Waals surface area contributed by atoms with Crippen LogP contribution < -0.4 is 31.4 Å². The highest BCUT2D eigenvalue weighted by molar-refractivity contribution is 8.01. The first-order valence-electron chi connectivity index (χ1n) is 24.7. The average molecular weight is 1090 g/mol. The zero-order valence-corrected chi connectivity index (χ0v) is 45.9. The molecule has 6 aromatic rings. The van der Waals surface area contributed by atoms with E-state index in [0.29, 0.717) is 45.3 Å². The number of carbonyl (C=O) groups is 4. The number of aromatic nitrogens is 3. The van der Waals surface area contributed by atoms with E-state index in [2.05, 4.69) is 27.7 Å². The molecule has 2 aliphatic rings. The maximum atomic E-state index is 14.8. The summed E-state index contributed by atoms with van der Waals surface area (Å²) < 4.78 is 18.7. The molecule has 0 saturated carbocycles. The van der Waals surface area contributed by atoms with Crippen LogP contribution in [-0.4, -0.2) is 85.6 Å². The maximum absolute atomic E-state index is 14.8. The molecule has 2 atom stereocenters. The summed E-state index contributed by atoms with van der Waals surface area (Å²) in [6, 6.07) is 37.5. The Morgan fingerprint density at radius 3 is 2.08 bits per heavy atom. The molecule has 76 heavy (non-hydrogen) atoms. The Morgan fingerprint density at radius 2 is 1.50 bits per heavy atom. The van der Waals surface area contributed by atoms with Crippen molar-refractivity contribution < 1.29 is 42.8 Å². The number of rotatable bonds is 21. The highest BCUT2D eigenvalue weighted by Gasteiger charge is 2.55. The first kappa shape index (κ1) is 54.8. The summed E-state index contributed by atoms with van der Waals surface area (Å²) in [6.07, 6.45) is 1.78. The topological polar surface area (TPSA) is 227 Å². The lowest BCUT2D eigenvalue weighted by Crippen LogP contribution is -2.71. The van der Waals surface area contributed by atoms with Gasteiger partial charge in [0.1, 0.15) is 46.3 Å². The van der Waals surface area contributed by atoms with Gasteiger partial charge in [-0.2, -0.15) is 0 Å². The molecule has 0 bridgehead atoms. The number of thioether (sulfide) groups is 2. The van der Waals surface area contributed by atoms with Crippen LogP contribution in [0.3, 0.4) is 0 Å². The molecular weight excluding hydrogens is 1020 g/mol. The van der Waals surface area contributed by atoms with Gasteiger partial charge in [0.05, 0.1) is 19.7 Å². The fourth-order valence-electron chi connectivity index (χ4n) is 8.46. The van der Waals surface area contributed by atoms with Crippen LogP contribution in [0.15, 0.2) is 148 Å². The van der Waals surface area contributed by atoms with Gasteiger partial charge in [0.15, 0.2) is 10.8 Å². The Kier molecular flexibility index (Phi) is 17.1. The SMILES string of the molecule is CCCC[n+]1c(N)cc(N)nc1SCC1=C(C(=O)OCc2ccc(OC)cc2)N2C(=O)C(NC(=O)/C(=N\OC(C)(C)C(=O)OC(C)(C)C)c3csc(NC(c4ccccc4)(c4ccccc4)c4ccccc4)n3)C2SC1. The monoisotopic (exact) mass is 1080 g/mol. The summed E-state index contributed by atoms with van der Waals surface area (Å²) in [5, 5.41) is 12.8. The van der Waals surface area contributed by atoms with Gasteiger partial charge in [-0.05, 0) is 92.8 Å². The molecule has 4 heterocycles. The molecular formula is C56H62N9O8S3+. The largest absolute Gasteiger partial charge is 0.497 e. The van der Waals surface area contributed by atoms with Crippen LogP contribution in [0.5, 0.6) is 5.75 Å². The van der Waals surface area contributed by atoms with Crippen LogP contribution in [0, 0.1) is 0 Å². The fourth-order valence-corrected chi connectivity index (χ4v) is 11.8. The Labute approximate surface area is 454 Å². The summed E-state index contributed by atoms with van der Waals surface area (Å²) in [6.45, 7) is 10.8. The maximum Gasteiger partial charge on any atom is 0.355 e.